The smallest absolute Gasteiger partial charge is 0.145 e. The number of hydrogen-bond donors (Lipinski definition) is 1. The lowest BCUT2D eigenvalue weighted by Gasteiger charge is -2.14. The van der Waals surface area contributed by atoms with Crippen molar-refractivity contribution in [3.8, 4) is 17.2 Å². The Kier molecular flexibility index (Phi) is 4.35. The molecule has 0 saturated heterocycles. The molecule has 0 radical (unpaired) electrons. The maximum atomic E-state index is 5.37. The number of ether oxygens (including phenoxy) is 3. The van der Waals surface area contributed by atoms with Gasteiger partial charge >= 0.3 is 0 Å². The Morgan fingerprint density at radius 1 is 0.800 bits per heavy atom. The number of benzene rings is 2. The first-order valence-electron chi connectivity index (χ1n) is 6.31. The van der Waals surface area contributed by atoms with Crippen LogP contribution in [0.4, 0.5) is 11.4 Å². The van der Waals surface area contributed by atoms with Gasteiger partial charge in [0.2, 0.25) is 0 Å². The van der Waals surface area contributed by atoms with Gasteiger partial charge in [-0.1, -0.05) is 6.07 Å². The second-order valence-corrected chi connectivity index (χ2v) is 4.38. The maximum Gasteiger partial charge on any atom is 0.145 e. The van der Waals surface area contributed by atoms with Crippen LogP contribution in [-0.4, -0.2) is 21.3 Å². The van der Waals surface area contributed by atoms with Gasteiger partial charge in [0.25, 0.3) is 0 Å². The molecule has 2 aromatic carbocycles. The van der Waals surface area contributed by atoms with E-state index in [2.05, 4.69) is 5.32 Å². The van der Waals surface area contributed by atoms with Gasteiger partial charge in [0.1, 0.15) is 17.2 Å². The van der Waals surface area contributed by atoms with Gasteiger partial charge in [-0.05, 0) is 30.7 Å². The molecule has 0 fully saturated rings. The zero-order chi connectivity index (χ0) is 14.5. The Morgan fingerprint density at radius 3 is 2.20 bits per heavy atom. The van der Waals surface area contributed by atoms with Gasteiger partial charge in [0.15, 0.2) is 0 Å². The largest absolute Gasteiger partial charge is 0.497 e. The molecule has 0 aliphatic rings. The number of hydrogen-bond acceptors (Lipinski definition) is 4. The molecule has 0 saturated carbocycles. The van der Waals surface area contributed by atoms with Crippen LogP contribution >= 0.6 is 0 Å². The third-order valence-electron chi connectivity index (χ3n) is 3.10. The second kappa shape index (κ2) is 6.19. The van der Waals surface area contributed by atoms with Gasteiger partial charge in [-0.2, -0.15) is 0 Å². The van der Waals surface area contributed by atoms with Crippen molar-refractivity contribution in [2.45, 2.75) is 6.92 Å². The molecule has 1 N–H and O–H groups in total. The highest BCUT2D eigenvalue weighted by Crippen LogP contribution is 2.32. The van der Waals surface area contributed by atoms with E-state index in [1.807, 2.05) is 43.3 Å². The van der Waals surface area contributed by atoms with E-state index in [9.17, 15) is 0 Å². The van der Waals surface area contributed by atoms with Gasteiger partial charge < -0.3 is 19.5 Å². The molecule has 4 heteroatoms. The molecule has 0 aliphatic carbocycles. The van der Waals surface area contributed by atoms with Crippen molar-refractivity contribution in [3.05, 3.63) is 42.0 Å². The molecular weight excluding hydrogens is 254 g/mol. The van der Waals surface area contributed by atoms with Gasteiger partial charge in [-0.3, -0.25) is 0 Å². The molecule has 0 atom stereocenters. The van der Waals surface area contributed by atoms with Crippen molar-refractivity contribution >= 4 is 11.4 Å². The summed E-state index contributed by atoms with van der Waals surface area (Å²) < 4.78 is 15.9. The van der Waals surface area contributed by atoms with E-state index in [0.717, 1.165) is 34.2 Å². The van der Waals surface area contributed by atoms with Gasteiger partial charge in [-0.15, -0.1) is 0 Å². The van der Waals surface area contributed by atoms with E-state index >= 15 is 0 Å². The van der Waals surface area contributed by atoms with E-state index in [0.29, 0.717) is 0 Å². The summed E-state index contributed by atoms with van der Waals surface area (Å²) in [7, 11) is 4.93. The van der Waals surface area contributed by atoms with Crippen LogP contribution in [0.25, 0.3) is 0 Å². The van der Waals surface area contributed by atoms with Crippen LogP contribution in [0.3, 0.4) is 0 Å². The molecule has 2 aromatic rings. The summed E-state index contributed by atoms with van der Waals surface area (Å²) in [5.74, 6) is 2.33. The lowest BCUT2D eigenvalue weighted by atomic mass is 10.2. The van der Waals surface area contributed by atoms with Crippen molar-refractivity contribution in [3.63, 3.8) is 0 Å². The first-order valence-corrected chi connectivity index (χ1v) is 6.31. The quantitative estimate of drug-likeness (QED) is 0.900. The van der Waals surface area contributed by atoms with Crippen LogP contribution in [0.2, 0.25) is 0 Å². The lowest BCUT2D eigenvalue weighted by Crippen LogP contribution is -1.96. The first-order chi connectivity index (χ1) is 9.67. The molecule has 20 heavy (non-hydrogen) atoms. The minimum absolute atomic E-state index is 0.726. The Bertz CT molecular complexity index is 596. The molecule has 0 amide bonds. The van der Waals surface area contributed by atoms with Crippen molar-refractivity contribution in [1.82, 2.24) is 0 Å². The Hall–Kier alpha value is -2.36. The van der Waals surface area contributed by atoms with E-state index in [-0.39, 0.29) is 0 Å². The van der Waals surface area contributed by atoms with E-state index in [1.165, 1.54) is 0 Å². The summed E-state index contributed by atoms with van der Waals surface area (Å²) in [6, 6.07) is 11.6. The van der Waals surface area contributed by atoms with Crippen LogP contribution in [0, 0.1) is 6.92 Å². The monoisotopic (exact) mass is 273 g/mol. The molecule has 106 valence electrons. The molecule has 0 heterocycles. The fraction of sp³-hybridized carbons (Fsp3) is 0.250. The van der Waals surface area contributed by atoms with Crippen LogP contribution in [0.1, 0.15) is 5.56 Å². The summed E-state index contributed by atoms with van der Waals surface area (Å²) in [5, 5.41) is 3.32. The average molecular weight is 273 g/mol. The van der Waals surface area contributed by atoms with Crippen molar-refractivity contribution in [2.75, 3.05) is 26.6 Å². The predicted molar refractivity (Wildman–Crippen MR) is 80.6 cm³/mol. The number of nitrogens with one attached hydrogen (secondary N) is 1. The number of rotatable bonds is 5. The van der Waals surface area contributed by atoms with Crippen LogP contribution in [0.15, 0.2) is 36.4 Å². The average Bonchev–Trinajstić information content (AvgIpc) is 2.49. The van der Waals surface area contributed by atoms with Crippen LogP contribution < -0.4 is 19.5 Å². The molecule has 4 nitrogen and oxygen atoms in total. The highest BCUT2D eigenvalue weighted by atomic mass is 16.5. The summed E-state index contributed by atoms with van der Waals surface area (Å²) in [5.41, 5.74) is 2.91. The Labute approximate surface area is 119 Å². The summed E-state index contributed by atoms with van der Waals surface area (Å²) in [4.78, 5) is 0. The molecule has 2 rings (SSSR count). The van der Waals surface area contributed by atoms with Crippen molar-refractivity contribution < 1.29 is 14.2 Å². The first kappa shape index (κ1) is 14.1. The maximum absolute atomic E-state index is 5.37. The SMILES string of the molecule is COc1ccc(Nc2ccc(C)c(OC)c2)c(OC)c1. The summed E-state index contributed by atoms with van der Waals surface area (Å²) in [6.45, 7) is 2.01. The predicted octanol–water partition coefficient (Wildman–Crippen LogP) is 3.76. The molecular formula is C16H19NO3. The minimum atomic E-state index is 0.726. The Balaban J connectivity index is 2.29. The highest BCUT2D eigenvalue weighted by Gasteiger charge is 2.06. The van der Waals surface area contributed by atoms with Crippen molar-refractivity contribution in [1.29, 1.82) is 0 Å². The molecule has 0 unspecified atom stereocenters. The van der Waals surface area contributed by atoms with Crippen molar-refractivity contribution in [2.24, 2.45) is 0 Å². The number of anilines is 2. The van der Waals surface area contributed by atoms with Crippen LogP contribution in [-0.2, 0) is 0 Å². The minimum Gasteiger partial charge on any atom is -0.497 e. The number of aryl methyl sites for hydroxylation is 1. The Morgan fingerprint density at radius 2 is 1.55 bits per heavy atom. The summed E-state index contributed by atoms with van der Waals surface area (Å²) in [6.07, 6.45) is 0. The van der Waals surface area contributed by atoms with E-state index < -0.39 is 0 Å². The van der Waals surface area contributed by atoms with Gasteiger partial charge in [-0.25, -0.2) is 0 Å². The third-order valence-corrected chi connectivity index (χ3v) is 3.10. The number of methoxy groups -OCH3 is 3. The van der Waals surface area contributed by atoms with Gasteiger partial charge in [0.05, 0.1) is 27.0 Å². The third kappa shape index (κ3) is 2.96. The fourth-order valence-electron chi connectivity index (χ4n) is 1.96. The zero-order valence-corrected chi connectivity index (χ0v) is 12.2. The van der Waals surface area contributed by atoms with Crippen LogP contribution in [0.5, 0.6) is 17.2 Å². The molecule has 0 spiro atoms. The van der Waals surface area contributed by atoms with E-state index in [1.54, 1.807) is 21.3 Å². The lowest BCUT2D eigenvalue weighted by molar-refractivity contribution is 0.395. The summed E-state index contributed by atoms with van der Waals surface area (Å²) >= 11 is 0. The fourth-order valence-corrected chi connectivity index (χ4v) is 1.96. The van der Waals surface area contributed by atoms with E-state index in [4.69, 9.17) is 14.2 Å². The second-order valence-electron chi connectivity index (χ2n) is 4.38. The molecule has 0 aromatic heterocycles. The van der Waals surface area contributed by atoms with Gasteiger partial charge in [0, 0.05) is 17.8 Å². The highest BCUT2D eigenvalue weighted by molar-refractivity contribution is 5.68. The normalized spacial score (nSPS) is 10.0. The topological polar surface area (TPSA) is 39.7 Å². The zero-order valence-electron chi connectivity index (χ0n) is 12.2. The molecule has 0 aliphatic heterocycles. The molecule has 0 bridgehead atoms. The standard InChI is InChI=1S/C16H19NO3/c1-11-5-6-12(9-15(11)19-3)17-14-8-7-13(18-2)10-16(14)20-4/h5-10,17H,1-4H3.